The number of aliphatic carboxylic acids is 1. The van der Waals surface area contributed by atoms with E-state index in [1.54, 1.807) is 0 Å². The van der Waals surface area contributed by atoms with Gasteiger partial charge in [-0.1, -0.05) is 6.92 Å². The Morgan fingerprint density at radius 3 is 2.67 bits per heavy atom. The Kier molecular flexibility index (Phi) is 4.77. The van der Waals surface area contributed by atoms with Gasteiger partial charge in [-0.15, -0.1) is 0 Å². The molecule has 1 aliphatic rings. The quantitative estimate of drug-likeness (QED) is 0.774. The highest BCUT2D eigenvalue weighted by Gasteiger charge is 2.51. The summed E-state index contributed by atoms with van der Waals surface area (Å²) in [5.41, 5.74) is -1.17. The molecule has 21 heavy (non-hydrogen) atoms. The summed E-state index contributed by atoms with van der Waals surface area (Å²) in [6.07, 6.45) is 2.45. The fourth-order valence-corrected chi connectivity index (χ4v) is 2.31. The van der Waals surface area contributed by atoms with E-state index in [1.807, 2.05) is 6.92 Å². The number of carbonyl (C=O) groups is 1. The van der Waals surface area contributed by atoms with Crippen LogP contribution in [-0.2, 0) is 4.79 Å². The van der Waals surface area contributed by atoms with Crippen LogP contribution in [-0.4, -0.2) is 29.8 Å². The molecule has 0 radical (unpaired) electrons. The van der Waals surface area contributed by atoms with Gasteiger partial charge in [-0.3, -0.25) is 10.1 Å². The van der Waals surface area contributed by atoms with E-state index in [9.17, 15) is 18.7 Å². The van der Waals surface area contributed by atoms with E-state index in [2.05, 4.69) is 5.32 Å². The lowest BCUT2D eigenvalue weighted by atomic mass is 9.94. The maximum Gasteiger partial charge on any atom is 0.327 e. The minimum absolute atomic E-state index is 0.00634. The Labute approximate surface area is 122 Å². The van der Waals surface area contributed by atoms with Crippen molar-refractivity contribution in [3.8, 4) is 5.75 Å². The van der Waals surface area contributed by atoms with Crippen molar-refractivity contribution < 1.29 is 23.4 Å². The summed E-state index contributed by atoms with van der Waals surface area (Å²) in [7, 11) is 0. The summed E-state index contributed by atoms with van der Waals surface area (Å²) in [5.74, 6) is -2.81. The van der Waals surface area contributed by atoms with Crippen LogP contribution in [0.15, 0.2) is 18.2 Å². The van der Waals surface area contributed by atoms with Crippen LogP contribution in [0.1, 0.15) is 26.2 Å². The number of nitrogens with one attached hydrogen (secondary N) is 1. The number of hydrogen-bond acceptors (Lipinski definition) is 3. The summed E-state index contributed by atoms with van der Waals surface area (Å²) >= 11 is 0. The highest BCUT2D eigenvalue weighted by molar-refractivity contribution is 5.80. The number of carboxylic acids is 1. The van der Waals surface area contributed by atoms with Crippen molar-refractivity contribution in [2.45, 2.75) is 31.7 Å². The second kappa shape index (κ2) is 6.39. The molecule has 1 aliphatic carbocycles. The second-order valence-corrected chi connectivity index (χ2v) is 5.34. The molecule has 0 heterocycles. The average Bonchev–Trinajstić information content (AvgIpc) is 3.27. The molecule has 1 aromatic carbocycles. The van der Waals surface area contributed by atoms with Crippen LogP contribution in [0.3, 0.4) is 0 Å². The first-order valence-corrected chi connectivity index (χ1v) is 7.06. The van der Waals surface area contributed by atoms with Crippen LogP contribution in [0.2, 0.25) is 0 Å². The van der Waals surface area contributed by atoms with E-state index >= 15 is 0 Å². The van der Waals surface area contributed by atoms with Crippen LogP contribution in [0.5, 0.6) is 5.75 Å². The highest BCUT2D eigenvalue weighted by Crippen LogP contribution is 2.40. The van der Waals surface area contributed by atoms with E-state index in [0.29, 0.717) is 6.54 Å². The van der Waals surface area contributed by atoms with Crippen LogP contribution >= 0.6 is 0 Å². The van der Waals surface area contributed by atoms with Gasteiger partial charge in [0.05, 0.1) is 0 Å². The Morgan fingerprint density at radius 2 is 2.14 bits per heavy atom. The van der Waals surface area contributed by atoms with Gasteiger partial charge in [-0.25, -0.2) is 8.78 Å². The summed E-state index contributed by atoms with van der Waals surface area (Å²) in [5, 5.41) is 12.6. The third-order valence-electron chi connectivity index (χ3n) is 3.70. The van der Waals surface area contributed by atoms with Crippen LogP contribution < -0.4 is 10.1 Å². The van der Waals surface area contributed by atoms with Crippen molar-refractivity contribution in [1.82, 2.24) is 5.32 Å². The first-order chi connectivity index (χ1) is 9.99. The minimum Gasteiger partial charge on any atom is -0.491 e. The smallest absolute Gasteiger partial charge is 0.327 e. The van der Waals surface area contributed by atoms with Crippen molar-refractivity contribution in [1.29, 1.82) is 0 Å². The summed E-state index contributed by atoms with van der Waals surface area (Å²) in [4.78, 5) is 11.7. The molecule has 1 atom stereocenters. The van der Waals surface area contributed by atoms with Crippen molar-refractivity contribution in [3.63, 3.8) is 0 Å². The van der Waals surface area contributed by atoms with Gasteiger partial charge in [0.25, 0.3) is 0 Å². The van der Waals surface area contributed by atoms with Gasteiger partial charge in [0, 0.05) is 6.07 Å². The third-order valence-corrected chi connectivity index (χ3v) is 3.70. The van der Waals surface area contributed by atoms with Gasteiger partial charge in [0.15, 0.2) is 17.2 Å². The molecule has 0 aliphatic heterocycles. The van der Waals surface area contributed by atoms with Crippen LogP contribution in [0, 0.1) is 17.6 Å². The van der Waals surface area contributed by atoms with Gasteiger partial charge in [-0.2, -0.15) is 0 Å². The number of rotatable bonds is 8. The van der Waals surface area contributed by atoms with Gasteiger partial charge >= 0.3 is 5.97 Å². The lowest BCUT2D eigenvalue weighted by Crippen LogP contribution is -2.58. The molecule has 2 N–H and O–H groups in total. The molecule has 0 bridgehead atoms. The van der Waals surface area contributed by atoms with E-state index < -0.39 is 23.1 Å². The molecular weight excluding hydrogens is 280 g/mol. The normalized spacial score (nSPS) is 17.3. The summed E-state index contributed by atoms with van der Waals surface area (Å²) in [6.45, 7) is 2.39. The number of carboxylic acid groups (broad SMARTS) is 1. The average molecular weight is 299 g/mol. The molecule has 116 valence electrons. The molecule has 1 aromatic rings. The standard InChI is InChI=1S/C15H19F2NO3/c1-2-7-18-15(14(19)20,10-3-4-10)9-21-11-5-6-12(16)13(17)8-11/h5-6,8,10,18H,2-4,7,9H2,1H3,(H,19,20). The molecule has 0 spiro atoms. The second-order valence-electron chi connectivity index (χ2n) is 5.34. The first-order valence-electron chi connectivity index (χ1n) is 7.06. The number of halogens is 2. The minimum atomic E-state index is -1.17. The molecule has 6 heteroatoms. The van der Waals surface area contributed by atoms with Crippen molar-refractivity contribution in [3.05, 3.63) is 29.8 Å². The van der Waals surface area contributed by atoms with Crippen LogP contribution in [0.25, 0.3) is 0 Å². The highest BCUT2D eigenvalue weighted by atomic mass is 19.2. The molecule has 1 fully saturated rings. The van der Waals surface area contributed by atoms with Crippen molar-refractivity contribution in [2.75, 3.05) is 13.2 Å². The van der Waals surface area contributed by atoms with Crippen LogP contribution in [0.4, 0.5) is 8.78 Å². The van der Waals surface area contributed by atoms with E-state index in [-0.39, 0.29) is 18.3 Å². The molecule has 2 rings (SSSR count). The Hall–Kier alpha value is -1.69. The maximum absolute atomic E-state index is 13.1. The lowest BCUT2D eigenvalue weighted by Gasteiger charge is -2.30. The molecule has 1 unspecified atom stereocenters. The Balaban J connectivity index is 2.10. The van der Waals surface area contributed by atoms with Crippen molar-refractivity contribution >= 4 is 5.97 Å². The van der Waals surface area contributed by atoms with Gasteiger partial charge in [-0.05, 0) is 43.9 Å². The fourth-order valence-electron chi connectivity index (χ4n) is 2.31. The monoisotopic (exact) mass is 299 g/mol. The Bertz CT molecular complexity index is 520. The maximum atomic E-state index is 13.1. The third kappa shape index (κ3) is 3.50. The molecule has 4 nitrogen and oxygen atoms in total. The van der Waals surface area contributed by atoms with Crippen molar-refractivity contribution in [2.24, 2.45) is 5.92 Å². The van der Waals surface area contributed by atoms with Gasteiger partial charge in [0.2, 0.25) is 0 Å². The zero-order chi connectivity index (χ0) is 15.5. The first kappa shape index (κ1) is 15.7. The Morgan fingerprint density at radius 1 is 1.43 bits per heavy atom. The summed E-state index contributed by atoms with van der Waals surface area (Å²) < 4.78 is 31.4. The van der Waals surface area contributed by atoms with Gasteiger partial charge < -0.3 is 9.84 Å². The SMILES string of the molecule is CCCNC(COc1ccc(F)c(F)c1)(C(=O)O)C1CC1. The predicted octanol–water partition coefficient (Wildman–Crippen LogP) is 2.58. The van der Waals surface area contributed by atoms with E-state index in [4.69, 9.17) is 4.74 Å². The number of ether oxygens (including phenoxy) is 1. The largest absolute Gasteiger partial charge is 0.491 e. The zero-order valence-electron chi connectivity index (χ0n) is 11.9. The van der Waals surface area contributed by atoms with Gasteiger partial charge in [0.1, 0.15) is 12.4 Å². The molecule has 1 saturated carbocycles. The molecule has 0 aromatic heterocycles. The zero-order valence-corrected chi connectivity index (χ0v) is 11.9. The molecule has 0 amide bonds. The fraction of sp³-hybridized carbons (Fsp3) is 0.533. The van der Waals surface area contributed by atoms with E-state index in [1.165, 1.54) is 6.07 Å². The predicted molar refractivity (Wildman–Crippen MR) is 73.2 cm³/mol. The topological polar surface area (TPSA) is 58.6 Å². The van der Waals surface area contributed by atoms with E-state index in [0.717, 1.165) is 31.4 Å². The number of hydrogen-bond donors (Lipinski definition) is 2. The lowest BCUT2D eigenvalue weighted by molar-refractivity contribution is -0.147. The number of benzene rings is 1. The summed E-state index contributed by atoms with van der Waals surface area (Å²) in [6, 6.07) is 3.18. The molecular formula is C15H19F2NO3. The molecule has 0 saturated heterocycles.